The number of benzene rings is 1. The van der Waals surface area contributed by atoms with Crippen molar-refractivity contribution < 1.29 is 4.79 Å². The minimum atomic E-state index is 0.113. The topological polar surface area (TPSA) is 29.1 Å². The van der Waals surface area contributed by atoms with Gasteiger partial charge in [-0.15, -0.1) is 0 Å². The number of carbonyl (C=O) groups is 1. The Morgan fingerprint density at radius 1 is 1.25 bits per heavy atom. The summed E-state index contributed by atoms with van der Waals surface area (Å²) < 4.78 is 0. The van der Waals surface area contributed by atoms with E-state index < -0.39 is 0 Å². The summed E-state index contributed by atoms with van der Waals surface area (Å²) in [5, 5.41) is 3.25. The van der Waals surface area contributed by atoms with Gasteiger partial charge in [-0.25, -0.2) is 0 Å². The molecule has 3 rings (SSSR count). The van der Waals surface area contributed by atoms with Crippen molar-refractivity contribution >= 4 is 5.91 Å². The van der Waals surface area contributed by atoms with Crippen molar-refractivity contribution in [3.8, 4) is 0 Å². The van der Waals surface area contributed by atoms with E-state index in [0.717, 1.165) is 12.3 Å². The minimum absolute atomic E-state index is 0.113. The number of fused-ring (bicyclic) bond motifs is 2. The number of carbonyl (C=O) groups excluding carboxylic acids is 1. The van der Waals surface area contributed by atoms with E-state index in [1.54, 1.807) is 0 Å². The predicted octanol–water partition coefficient (Wildman–Crippen LogP) is 3.92. The molecule has 1 amide bonds. The highest BCUT2D eigenvalue weighted by Crippen LogP contribution is 2.48. The molecule has 4 unspecified atom stereocenters. The van der Waals surface area contributed by atoms with Crippen LogP contribution in [-0.2, 0) is 4.79 Å². The summed E-state index contributed by atoms with van der Waals surface area (Å²) in [7, 11) is 0. The van der Waals surface area contributed by atoms with Gasteiger partial charge in [0.2, 0.25) is 5.91 Å². The molecule has 2 bridgehead atoms. The lowest BCUT2D eigenvalue weighted by atomic mass is 9.87. The third kappa shape index (κ3) is 2.48. The van der Waals surface area contributed by atoms with Crippen LogP contribution in [0.2, 0.25) is 0 Å². The molecule has 0 heterocycles. The van der Waals surface area contributed by atoms with Crippen molar-refractivity contribution in [3.05, 3.63) is 34.9 Å². The Kier molecular flexibility index (Phi) is 3.57. The summed E-state index contributed by atoms with van der Waals surface area (Å²) in [5.41, 5.74) is 3.77. The molecule has 2 fully saturated rings. The second kappa shape index (κ2) is 5.23. The fraction of sp³-hybridized carbons (Fsp3) is 0.611. The van der Waals surface area contributed by atoms with Crippen LogP contribution in [0.5, 0.6) is 0 Å². The average molecular weight is 271 g/mol. The van der Waals surface area contributed by atoms with Gasteiger partial charge in [0, 0.05) is 5.92 Å². The van der Waals surface area contributed by atoms with Gasteiger partial charge >= 0.3 is 0 Å². The molecule has 1 aromatic rings. The highest BCUT2D eigenvalue weighted by Gasteiger charge is 2.43. The van der Waals surface area contributed by atoms with E-state index in [9.17, 15) is 4.79 Å². The number of amides is 1. The van der Waals surface area contributed by atoms with Crippen LogP contribution in [0.4, 0.5) is 0 Å². The molecule has 0 aromatic heterocycles. The summed E-state index contributed by atoms with van der Waals surface area (Å²) >= 11 is 0. The maximum Gasteiger partial charge on any atom is 0.223 e. The first-order chi connectivity index (χ1) is 9.54. The van der Waals surface area contributed by atoms with Crippen LogP contribution in [-0.4, -0.2) is 5.91 Å². The first kappa shape index (κ1) is 13.7. The first-order valence-corrected chi connectivity index (χ1v) is 7.92. The molecular weight excluding hydrogens is 246 g/mol. The smallest absolute Gasteiger partial charge is 0.223 e. The monoisotopic (exact) mass is 271 g/mol. The molecule has 2 saturated carbocycles. The number of hydrogen-bond acceptors (Lipinski definition) is 1. The average Bonchev–Trinajstić information content (AvgIpc) is 3.03. The highest BCUT2D eigenvalue weighted by atomic mass is 16.2. The van der Waals surface area contributed by atoms with Crippen molar-refractivity contribution in [3.63, 3.8) is 0 Å². The van der Waals surface area contributed by atoms with Crippen LogP contribution in [0.3, 0.4) is 0 Å². The van der Waals surface area contributed by atoms with Gasteiger partial charge in [-0.2, -0.15) is 0 Å². The van der Waals surface area contributed by atoms with E-state index in [4.69, 9.17) is 0 Å². The molecule has 2 heteroatoms. The number of aryl methyl sites for hydroxylation is 2. The Hall–Kier alpha value is -1.31. The van der Waals surface area contributed by atoms with E-state index >= 15 is 0 Å². The van der Waals surface area contributed by atoms with Crippen LogP contribution in [0.25, 0.3) is 0 Å². The molecule has 1 aromatic carbocycles. The normalized spacial score (nSPS) is 29.4. The van der Waals surface area contributed by atoms with Gasteiger partial charge in [-0.1, -0.05) is 30.2 Å². The molecule has 4 atom stereocenters. The lowest BCUT2D eigenvalue weighted by Gasteiger charge is -2.24. The van der Waals surface area contributed by atoms with Gasteiger partial charge in [-0.05, 0) is 63.0 Å². The predicted molar refractivity (Wildman–Crippen MR) is 81.4 cm³/mol. The lowest BCUT2D eigenvalue weighted by molar-refractivity contribution is -0.127. The summed E-state index contributed by atoms with van der Waals surface area (Å²) in [6, 6.07) is 6.58. The Morgan fingerprint density at radius 3 is 2.70 bits per heavy atom. The fourth-order valence-corrected chi connectivity index (χ4v) is 4.19. The second-order valence-electron chi connectivity index (χ2n) is 6.87. The molecule has 2 aliphatic rings. The molecule has 108 valence electrons. The molecular formula is C18H25NO. The molecule has 20 heavy (non-hydrogen) atoms. The summed E-state index contributed by atoms with van der Waals surface area (Å²) in [5.74, 6) is 2.05. The van der Waals surface area contributed by atoms with E-state index in [2.05, 4.69) is 44.3 Å². The number of rotatable bonds is 3. The Labute approximate surface area is 122 Å². The molecule has 0 radical (unpaired) electrons. The fourth-order valence-electron chi connectivity index (χ4n) is 4.19. The van der Waals surface area contributed by atoms with Crippen LogP contribution in [0, 0.1) is 31.6 Å². The van der Waals surface area contributed by atoms with Crippen LogP contribution in [0.15, 0.2) is 18.2 Å². The van der Waals surface area contributed by atoms with Gasteiger partial charge < -0.3 is 5.32 Å². The zero-order valence-corrected chi connectivity index (χ0v) is 12.8. The van der Waals surface area contributed by atoms with E-state index in [1.165, 1.54) is 36.0 Å². The summed E-state index contributed by atoms with van der Waals surface area (Å²) in [6.45, 7) is 6.33. The van der Waals surface area contributed by atoms with E-state index in [0.29, 0.717) is 5.92 Å². The highest BCUT2D eigenvalue weighted by molar-refractivity contribution is 5.80. The van der Waals surface area contributed by atoms with E-state index in [1.807, 2.05) is 0 Å². The number of hydrogen-bond donors (Lipinski definition) is 1. The molecule has 0 saturated heterocycles. The zero-order chi connectivity index (χ0) is 14.3. The van der Waals surface area contributed by atoms with Crippen molar-refractivity contribution in [1.82, 2.24) is 5.32 Å². The number of nitrogens with one attached hydrogen (secondary N) is 1. The second-order valence-corrected chi connectivity index (χ2v) is 6.87. The van der Waals surface area contributed by atoms with Crippen molar-refractivity contribution in [2.75, 3.05) is 0 Å². The SMILES string of the molecule is Cc1ccc(C)c(C(C)NC(=O)C2CC3CCC2C3)c1. The molecule has 0 aliphatic heterocycles. The van der Waals surface area contributed by atoms with Gasteiger partial charge in [-0.3, -0.25) is 4.79 Å². The Morgan fingerprint density at radius 2 is 2.05 bits per heavy atom. The third-order valence-electron chi connectivity index (χ3n) is 5.33. The standard InChI is InChI=1S/C18H25NO/c1-11-4-5-12(2)16(8-11)13(3)19-18(20)17-10-14-6-7-15(17)9-14/h4-5,8,13-15,17H,6-7,9-10H2,1-3H3,(H,19,20). The third-order valence-corrected chi connectivity index (χ3v) is 5.33. The Bertz CT molecular complexity index is 522. The molecule has 2 aliphatic carbocycles. The lowest BCUT2D eigenvalue weighted by Crippen LogP contribution is -2.35. The minimum Gasteiger partial charge on any atom is -0.349 e. The van der Waals surface area contributed by atoms with Crippen LogP contribution >= 0.6 is 0 Å². The van der Waals surface area contributed by atoms with Crippen LogP contribution in [0.1, 0.15) is 55.3 Å². The largest absolute Gasteiger partial charge is 0.349 e. The van der Waals surface area contributed by atoms with Gasteiger partial charge in [0.15, 0.2) is 0 Å². The Balaban J connectivity index is 1.68. The maximum atomic E-state index is 12.5. The zero-order valence-electron chi connectivity index (χ0n) is 12.8. The van der Waals surface area contributed by atoms with E-state index in [-0.39, 0.29) is 17.9 Å². The van der Waals surface area contributed by atoms with Gasteiger partial charge in [0.25, 0.3) is 0 Å². The molecule has 0 spiro atoms. The first-order valence-electron chi connectivity index (χ1n) is 7.92. The van der Waals surface area contributed by atoms with Crippen molar-refractivity contribution in [2.24, 2.45) is 17.8 Å². The molecule has 2 nitrogen and oxygen atoms in total. The summed E-state index contributed by atoms with van der Waals surface area (Å²) in [6.07, 6.45) is 5.02. The van der Waals surface area contributed by atoms with Crippen molar-refractivity contribution in [1.29, 1.82) is 0 Å². The van der Waals surface area contributed by atoms with Gasteiger partial charge in [0.05, 0.1) is 6.04 Å². The van der Waals surface area contributed by atoms with Crippen LogP contribution < -0.4 is 5.32 Å². The van der Waals surface area contributed by atoms with Gasteiger partial charge in [0.1, 0.15) is 0 Å². The van der Waals surface area contributed by atoms with Crippen molar-refractivity contribution in [2.45, 2.75) is 52.5 Å². The summed E-state index contributed by atoms with van der Waals surface area (Å²) in [4.78, 5) is 12.5. The quantitative estimate of drug-likeness (QED) is 0.887. The maximum absolute atomic E-state index is 12.5. The molecule has 1 N–H and O–H groups in total.